The summed E-state index contributed by atoms with van der Waals surface area (Å²) < 4.78 is 4.77. The Morgan fingerprint density at radius 1 is 1.38 bits per heavy atom. The topological polar surface area (TPSA) is 81.4 Å². The largest absolute Gasteiger partial charge is 0.464 e. The van der Waals surface area contributed by atoms with E-state index >= 15 is 0 Å². The second-order valence-corrected chi connectivity index (χ2v) is 3.79. The third-order valence-corrected chi connectivity index (χ3v) is 2.12. The van der Waals surface area contributed by atoms with Gasteiger partial charge in [-0.15, -0.1) is 0 Å². The van der Waals surface area contributed by atoms with Crippen LogP contribution in [-0.2, 0) is 14.3 Å². The molecule has 5 nitrogen and oxygen atoms in total. The summed E-state index contributed by atoms with van der Waals surface area (Å²) in [5, 5.41) is 2.56. The van der Waals surface area contributed by atoms with Gasteiger partial charge in [-0.1, -0.05) is 13.3 Å². The van der Waals surface area contributed by atoms with Crippen LogP contribution in [0.2, 0.25) is 0 Å². The second kappa shape index (κ2) is 8.10. The second-order valence-electron chi connectivity index (χ2n) is 3.79. The van der Waals surface area contributed by atoms with E-state index < -0.39 is 12.0 Å². The normalized spacial score (nSPS) is 14.0. The molecule has 0 aliphatic carbocycles. The molecular formula is C11H22N2O3. The molecule has 1 amide bonds. The van der Waals surface area contributed by atoms with Gasteiger partial charge in [0.15, 0.2) is 0 Å². The van der Waals surface area contributed by atoms with Crippen molar-refractivity contribution in [3.05, 3.63) is 0 Å². The molecule has 3 N–H and O–H groups in total. The Labute approximate surface area is 96.7 Å². The fraction of sp³-hybridized carbons (Fsp3) is 0.818. The molecule has 0 aromatic heterocycles. The molecule has 0 aromatic rings. The van der Waals surface area contributed by atoms with Gasteiger partial charge in [-0.2, -0.15) is 0 Å². The third-order valence-electron chi connectivity index (χ3n) is 2.12. The van der Waals surface area contributed by atoms with Gasteiger partial charge in [0.25, 0.3) is 0 Å². The quantitative estimate of drug-likeness (QED) is 0.626. The number of rotatable bonds is 7. The molecule has 2 atom stereocenters. The number of carbonyl (C=O) groups is 2. The van der Waals surface area contributed by atoms with Crippen LogP contribution in [0.4, 0.5) is 0 Å². The van der Waals surface area contributed by atoms with Crippen LogP contribution in [0, 0.1) is 0 Å². The van der Waals surface area contributed by atoms with Crippen molar-refractivity contribution in [3.8, 4) is 0 Å². The first-order valence-electron chi connectivity index (χ1n) is 5.72. The number of hydrogen-bond donors (Lipinski definition) is 2. The van der Waals surface area contributed by atoms with Crippen LogP contribution in [0.15, 0.2) is 0 Å². The molecule has 0 aliphatic heterocycles. The Balaban J connectivity index is 3.90. The van der Waals surface area contributed by atoms with Crippen molar-refractivity contribution in [2.45, 2.75) is 52.1 Å². The maximum Gasteiger partial charge on any atom is 0.328 e. The predicted molar refractivity (Wildman–Crippen MR) is 61.7 cm³/mol. The molecule has 2 unspecified atom stereocenters. The third kappa shape index (κ3) is 6.40. The zero-order valence-corrected chi connectivity index (χ0v) is 10.3. The van der Waals surface area contributed by atoms with Crippen molar-refractivity contribution in [2.75, 3.05) is 6.61 Å². The summed E-state index contributed by atoms with van der Waals surface area (Å²) in [4.78, 5) is 22.7. The minimum Gasteiger partial charge on any atom is -0.464 e. The smallest absolute Gasteiger partial charge is 0.328 e. The standard InChI is InChI=1S/C11H22N2O3/c1-4-6-9(12)7-10(14)13-8(3)11(15)16-5-2/h8-9H,4-7,12H2,1-3H3,(H,13,14). The van der Waals surface area contributed by atoms with Crippen LogP contribution >= 0.6 is 0 Å². The van der Waals surface area contributed by atoms with Crippen molar-refractivity contribution in [3.63, 3.8) is 0 Å². The molecule has 0 fully saturated rings. The lowest BCUT2D eigenvalue weighted by Crippen LogP contribution is -2.41. The first-order valence-corrected chi connectivity index (χ1v) is 5.72. The van der Waals surface area contributed by atoms with Gasteiger partial charge in [0.05, 0.1) is 6.61 Å². The van der Waals surface area contributed by atoms with Crippen LogP contribution in [-0.4, -0.2) is 30.6 Å². The Hall–Kier alpha value is -1.10. The van der Waals surface area contributed by atoms with Gasteiger partial charge in [-0.25, -0.2) is 4.79 Å². The highest BCUT2D eigenvalue weighted by atomic mass is 16.5. The molecule has 0 rings (SSSR count). The van der Waals surface area contributed by atoms with Crippen LogP contribution in [0.3, 0.4) is 0 Å². The van der Waals surface area contributed by atoms with Gasteiger partial charge >= 0.3 is 5.97 Å². The molecule has 16 heavy (non-hydrogen) atoms. The van der Waals surface area contributed by atoms with E-state index in [2.05, 4.69) is 5.32 Å². The lowest BCUT2D eigenvalue weighted by atomic mass is 10.1. The number of carbonyl (C=O) groups excluding carboxylic acids is 2. The SMILES string of the molecule is CCCC(N)CC(=O)NC(C)C(=O)OCC. The van der Waals surface area contributed by atoms with Crippen molar-refractivity contribution in [1.82, 2.24) is 5.32 Å². The molecule has 94 valence electrons. The van der Waals surface area contributed by atoms with Crippen LogP contribution < -0.4 is 11.1 Å². The highest BCUT2D eigenvalue weighted by Gasteiger charge is 2.17. The van der Waals surface area contributed by atoms with Gasteiger partial charge in [0.2, 0.25) is 5.91 Å². The predicted octanol–water partition coefficient (Wildman–Crippen LogP) is 0.572. The van der Waals surface area contributed by atoms with E-state index in [0.717, 1.165) is 12.8 Å². The van der Waals surface area contributed by atoms with Crippen molar-refractivity contribution < 1.29 is 14.3 Å². The molecule has 0 aromatic carbocycles. The van der Waals surface area contributed by atoms with E-state index in [-0.39, 0.29) is 18.4 Å². The summed E-state index contributed by atoms with van der Waals surface area (Å²) in [5.41, 5.74) is 5.72. The Kier molecular flexibility index (Phi) is 7.54. The average Bonchev–Trinajstić information content (AvgIpc) is 2.17. The van der Waals surface area contributed by atoms with Gasteiger partial charge in [0.1, 0.15) is 6.04 Å². The van der Waals surface area contributed by atoms with Crippen LogP contribution in [0.5, 0.6) is 0 Å². The number of nitrogens with two attached hydrogens (primary N) is 1. The molecule has 0 saturated heterocycles. The zero-order valence-electron chi connectivity index (χ0n) is 10.3. The molecule has 0 radical (unpaired) electrons. The fourth-order valence-corrected chi connectivity index (χ4v) is 1.34. The van der Waals surface area contributed by atoms with E-state index in [1.165, 1.54) is 0 Å². The molecule has 0 saturated carbocycles. The molecule has 0 spiro atoms. The van der Waals surface area contributed by atoms with E-state index in [1.54, 1.807) is 13.8 Å². The average molecular weight is 230 g/mol. The first-order chi connectivity index (χ1) is 7.51. The Morgan fingerprint density at radius 3 is 2.50 bits per heavy atom. The van der Waals surface area contributed by atoms with Gasteiger partial charge in [-0.05, 0) is 20.3 Å². The van der Waals surface area contributed by atoms with Crippen LogP contribution in [0.25, 0.3) is 0 Å². The molecular weight excluding hydrogens is 208 g/mol. The van der Waals surface area contributed by atoms with Gasteiger partial charge in [0, 0.05) is 12.5 Å². The van der Waals surface area contributed by atoms with E-state index in [1.807, 2.05) is 6.92 Å². The summed E-state index contributed by atoms with van der Waals surface area (Å²) in [6, 6.07) is -0.749. The number of ether oxygens (including phenoxy) is 1. The Morgan fingerprint density at radius 2 is 2.00 bits per heavy atom. The van der Waals surface area contributed by atoms with Crippen molar-refractivity contribution in [1.29, 1.82) is 0 Å². The van der Waals surface area contributed by atoms with Crippen LogP contribution in [0.1, 0.15) is 40.0 Å². The lowest BCUT2D eigenvalue weighted by Gasteiger charge is -2.14. The van der Waals surface area contributed by atoms with E-state index in [4.69, 9.17) is 10.5 Å². The number of hydrogen-bond acceptors (Lipinski definition) is 4. The highest BCUT2D eigenvalue weighted by molar-refractivity contribution is 5.84. The van der Waals surface area contributed by atoms with Gasteiger partial charge in [-0.3, -0.25) is 4.79 Å². The summed E-state index contributed by atoms with van der Waals surface area (Å²) in [7, 11) is 0. The fourth-order valence-electron chi connectivity index (χ4n) is 1.34. The van der Waals surface area contributed by atoms with Gasteiger partial charge < -0.3 is 15.8 Å². The maximum absolute atomic E-state index is 11.4. The number of amides is 1. The number of nitrogens with one attached hydrogen (secondary N) is 1. The summed E-state index contributed by atoms with van der Waals surface area (Å²) in [6.07, 6.45) is 2.00. The van der Waals surface area contributed by atoms with Crippen molar-refractivity contribution in [2.24, 2.45) is 5.73 Å². The molecule has 5 heteroatoms. The monoisotopic (exact) mass is 230 g/mol. The summed E-state index contributed by atoms with van der Waals surface area (Å²) >= 11 is 0. The first kappa shape index (κ1) is 14.9. The Bertz CT molecular complexity index is 231. The highest BCUT2D eigenvalue weighted by Crippen LogP contribution is 1.99. The molecule has 0 heterocycles. The maximum atomic E-state index is 11.4. The van der Waals surface area contributed by atoms with E-state index in [9.17, 15) is 9.59 Å². The van der Waals surface area contributed by atoms with Crippen molar-refractivity contribution >= 4 is 11.9 Å². The minimum atomic E-state index is -0.610. The summed E-state index contributed by atoms with van der Waals surface area (Å²) in [6.45, 7) is 5.65. The molecule has 0 aliphatic rings. The number of esters is 1. The lowest BCUT2D eigenvalue weighted by molar-refractivity contribution is -0.146. The minimum absolute atomic E-state index is 0.139. The van der Waals surface area contributed by atoms with E-state index in [0.29, 0.717) is 6.61 Å². The molecule has 0 bridgehead atoms. The zero-order chi connectivity index (χ0) is 12.6. The summed E-state index contributed by atoms with van der Waals surface area (Å²) in [5.74, 6) is -0.624.